The van der Waals surface area contributed by atoms with Crippen LogP contribution in [0.25, 0.3) is 0 Å². The van der Waals surface area contributed by atoms with Crippen molar-refractivity contribution in [3.63, 3.8) is 0 Å². The second-order valence-electron chi connectivity index (χ2n) is 7.18. The Hall–Kier alpha value is -2.93. The minimum absolute atomic E-state index is 0.0399. The number of benzene rings is 2. The molecular weight excluding hydrogens is 384 g/mol. The summed E-state index contributed by atoms with van der Waals surface area (Å²) in [4.78, 5) is 21.8. The topological polar surface area (TPSA) is 58.6 Å². The Morgan fingerprint density at radius 1 is 1.17 bits per heavy atom. The third-order valence-corrected chi connectivity index (χ3v) is 5.95. The SMILES string of the molecule is COc1cccc(C(=O)N2CCN(c3nc(Cc4ccccc4)ns3)C[C@H]2C)c1. The molecule has 1 aliphatic heterocycles. The van der Waals surface area contributed by atoms with E-state index in [0.29, 0.717) is 17.9 Å². The summed E-state index contributed by atoms with van der Waals surface area (Å²) < 4.78 is 9.77. The lowest BCUT2D eigenvalue weighted by atomic mass is 10.1. The van der Waals surface area contributed by atoms with E-state index in [4.69, 9.17) is 9.72 Å². The van der Waals surface area contributed by atoms with Gasteiger partial charge in [0.1, 0.15) is 11.6 Å². The van der Waals surface area contributed by atoms with Gasteiger partial charge in [0.15, 0.2) is 0 Å². The van der Waals surface area contributed by atoms with Crippen LogP contribution in [-0.2, 0) is 6.42 Å². The van der Waals surface area contributed by atoms with E-state index in [1.54, 1.807) is 13.2 Å². The number of piperazine rings is 1. The molecule has 0 saturated carbocycles. The molecule has 29 heavy (non-hydrogen) atoms. The number of aromatic nitrogens is 2. The maximum Gasteiger partial charge on any atom is 0.254 e. The van der Waals surface area contributed by atoms with E-state index in [0.717, 1.165) is 30.5 Å². The van der Waals surface area contributed by atoms with Gasteiger partial charge in [-0.25, -0.2) is 4.98 Å². The number of anilines is 1. The van der Waals surface area contributed by atoms with Gasteiger partial charge >= 0.3 is 0 Å². The number of methoxy groups -OCH3 is 1. The van der Waals surface area contributed by atoms with Crippen molar-refractivity contribution in [2.75, 3.05) is 31.6 Å². The molecule has 1 saturated heterocycles. The minimum Gasteiger partial charge on any atom is -0.497 e. The van der Waals surface area contributed by atoms with Crippen LogP contribution >= 0.6 is 11.5 Å². The van der Waals surface area contributed by atoms with Crippen molar-refractivity contribution in [3.8, 4) is 5.75 Å². The summed E-state index contributed by atoms with van der Waals surface area (Å²) in [5.74, 6) is 1.58. The summed E-state index contributed by atoms with van der Waals surface area (Å²) in [6.45, 7) is 4.23. The first-order valence-electron chi connectivity index (χ1n) is 9.70. The number of carbonyl (C=O) groups is 1. The lowest BCUT2D eigenvalue weighted by Gasteiger charge is -2.39. The summed E-state index contributed by atoms with van der Waals surface area (Å²) in [6.07, 6.45) is 0.737. The monoisotopic (exact) mass is 408 g/mol. The lowest BCUT2D eigenvalue weighted by molar-refractivity contribution is 0.0673. The van der Waals surface area contributed by atoms with Crippen LogP contribution in [0.5, 0.6) is 5.75 Å². The van der Waals surface area contributed by atoms with Crippen molar-refractivity contribution >= 4 is 22.6 Å². The zero-order valence-electron chi connectivity index (χ0n) is 16.6. The van der Waals surface area contributed by atoms with Crippen LogP contribution in [0.15, 0.2) is 54.6 Å². The highest BCUT2D eigenvalue weighted by molar-refractivity contribution is 7.09. The molecular formula is C22H24N4O2S. The van der Waals surface area contributed by atoms with E-state index >= 15 is 0 Å². The van der Waals surface area contributed by atoms with Crippen molar-refractivity contribution in [1.82, 2.24) is 14.3 Å². The van der Waals surface area contributed by atoms with Crippen molar-refractivity contribution < 1.29 is 9.53 Å². The third-order valence-electron chi connectivity index (χ3n) is 5.14. The highest BCUT2D eigenvalue weighted by Gasteiger charge is 2.29. The molecule has 0 N–H and O–H groups in total. The summed E-state index contributed by atoms with van der Waals surface area (Å²) in [5.41, 5.74) is 1.87. The first kappa shape index (κ1) is 19.4. The average molecular weight is 409 g/mol. The van der Waals surface area contributed by atoms with Gasteiger partial charge in [-0.1, -0.05) is 36.4 Å². The molecule has 3 aromatic rings. The van der Waals surface area contributed by atoms with Gasteiger partial charge in [-0.2, -0.15) is 4.37 Å². The van der Waals surface area contributed by atoms with Crippen LogP contribution in [0.1, 0.15) is 28.7 Å². The predicted molar refractivity (Wildman–Crippen MR) is 115 cm³/mol. The molecule has 1 aromatic heterocycles. The Balaban J connectivity index is 1.40. The van der Waals surface area contributed by atoms with Crippen LogP contribution in [0.3, 0.4) is 0 Å². The summed E-state index contributed by atoms with van der Waals surface area (Å²) >= 11 is 1.43. The number of nitrogens with zero attached hydrogens (tertiary/aromatic N) is 4. The molecule has 1 atom stereocenters. The van der Waals surface area contributed by atoms with Gasteiger partial charge in [0, 0.05) is 49.2 Å². The zero-order valence-corrected chi connectivity index (χ0v) is 17.4. The van der Waals surface area contributed by atoms with Crippen molar-refractivity contribution in [2.24, 2.45) is 0 Å². The van der Waals surface area contributed by atoms with E-state index in [1.807, 2.05) is 41.3 Å². The number of carbonyl (C=O) groups excluding carboxylic acids is 1. The zero-order chi connectivity index (χ0) is 20.2. The fourth-order valence-electron chi connectivity index (χ4n) is 3.58. The van der Waals surface area contributed by atoms with Crippen LogP contribution in [0.4, 0.5) is 5.13 Å². The molecule has 0 bridgehead atoms. The number of rotatable bonds is 5. The minimum atomic E-state index is 0.0399. The second kappa shape index (κ2) is 8.61. The Morgan fingerprint density at radius 2 is 2.00 bits per heavy atom. The second-order valence-corrected chi connectivity index (χ2v) is 7.91. The molecule has 150 valence electrons. The summed E-state index contributed by atoms with van der Waals surface area (Å²) in [5, 5.41) is 0.927. The van der Waals surface area contributed by atoms with Gasteiger partial charge in [0.25, 0.3) is 5.91 Å². The molecule has 1 aliphatic rings. The maximum atomic E-state index is 13.0. The molecule has 4 rings (SSSR count). The maximum absolute atomic E-state index is 13.0. The molecule has 1 amide bonds. The third kappa shape index (κ3) is 4.40. The standard InChI is InChI=1S/C22H24N4O2S/c1-16-15-25(22-23-20(24-29-22)13-17-7-4-3-5-8-17)11-12-26(16)21(27)18-9-6-10-19(14-18)28-2/h3-10,14,16H,11-13,15H2,1-2H3/t16-/m1/s1. The van der Waals surface area contributed by atoms with E-state index in [1.165, 1.54) is 17.1 Å². The van der Waals surface area contributed by atoms with Gasteiger partial charge in [0.05, 0.1) is 7.11 Å². The molecule has 0 unspecified atom stereocenters. The molecule has 2 aromatic carbocycles. The Morgan fingerprint density at radius 3 is 2.76 bits per heavy atom. The highest BCUT2D eigenvalue weighted by Crippen LogP contribution is 2.24. The number of hydrogen-bond donors (Lipinski definition) is 0. The summed E-state index contributed by atoms with van der Waals surface area (Å²) in [6, 6.07) is 17.7. The Labute approximate surface area is 174 Å². The van der Waals surface area contributed by atoms with E-state index < -0.39 is 0 Å². The predicted octanol–water partition coefficient (Wildman–Crippen LogP) is 3.49. The quantitative estimate of drug-likeness (QED) is 0.647. The molecule has 6 nitrogen and oxygen atoms in total. The van der Waals surface area contributed by atoms with Gasteiger partial charge in [-0.05, 0) is 30.7 Å². The highest BCUT2D eigenvalue weighted by atomic mass is 32.1. The van der Waals surface area contributed by atoms with Gasteiger partial charge in [-0.3, -0.25) is 4.79 Å². The van der Waals surface area contributed by atoms with Gasteiger partial charge in [-0.15, -0.1) is 0 Å². The number of amides is 1. The van der Waals surface area contributed by atoms with Crippen LogP contribution in [0, 0.1) is 0 Å². The Bertz CT molecular complexity index is 976. The molecule has 1 fully saturated rings. The first-order chi connectivity index (χ1) is 14.1. The molecule has 2 heterocycles. The van der Waals surface area contributed by atoms with Crippen molar-refractivity contribution in [2.45, 2.75) is 19.4 Å². The van der Waals surface area contributed by atoms with Gasteiger partial charge < -0.3 is 14.5 Å². The van der Waals surface area contributed by atoms with E-state index in [-0.39, 0.29) is 11.9 Å². The number of hydrogen-bond acceptors (Lipinski definition) is 6. The molecule has 0 radical (unpaired) electrons. The lowest BCUT2D eigenvalue weighted by Crippen LogP contribution is -2.54. The largest absolute Gasteiger partial charge is 0.497 e. The molecule has 0 aliphatic carbocycles. The van der Waals surface area contributed by atoms with Crippen LogP contribution < -0.4 is 9.64 Å². The van der Waals surface area contributed by atoms with E-state index in [2.05, 4.69) is 28.3 Å². The molecule has 7 heteroatoms. The van der Waals surface area contributed by atoms with Gasteiger partial charge in [0.2, 0.25) is 5.13 Å². The molecule has 0 spiro atoms. The fraction of sp³-hybridized carbons (Fsp3) is 0.318. The van der Waals surface area contributed by atoms with E-state index in [9.17, 15) is 4.79 Å². The summed E-state index contributed by atoms with van der Waals surface area (Å²) in [7, 11) is 1.61. The van der Waals surface area contributed by atoms with Crippen LogP contribution in [-0.4, -0.2) is 53.0 Å². The van der Waals surface area contributed by atoms with Crippen LogP contribution in [0.2, 0.25) is 0 Å². The normalized spacial score (nSPS) is 16.7. The average Bonchev–Trinajstić information content (AvgIpc) is 3.22. The Kier molecular flexibility index (Phi) is 5.76. The smallest absolute Gasteiger partial charge is 0.254 e. The first-order valence-corrected chi connectivity index (χ1v) is 10.5. The number of ether oxygens (including phenoxy) is 1. The fourth-order valence-corrected chi connectivity index (χ4v) is 4.30. The van der Waals surface area contributed by atoms with Crippen molar-refractivity contribution in [3.05, 3.63) is 71.5 Å². The van der Waals surface area contributed by atoms with Crippen molar-refractivity contribution in [1.29, 1.82) is 0 Å².